The van der Waals surface area contributed by atoms with Crippen LogP contribution in [0.3, 0.4) is 0 Å². The van der Waals surface area contributed by atoms with Gasteiger partial charge in [0.2, 0.25) is 0 Å². The Morgan fingerprint density at radius 3 is 2.47 bits per heavy atom. The van der Waals surface area contributed by atoms with Crippen LogP contribution >= 0.6 is 0 Å². The molecule has 0 N–H and O–H groups in total. The number of nitrogens with zero attached hydrogens (tertiary/aromatic N) is 2. The second-order valence-corrected chi connectivity index (χ2v) is 11.4. The smallest absolute Gasteiger partial charge is 0.265 e. The van der Waals surface area contributed by atoms with Gasteiger partial charge in [0.05, 0.1) is 10.6 Å². The van der Waals surface area contributed by atoms with Gasteiger partial charge in [-0.1, -0.05) is 48.5 Å². The summed E-state index contributed by atoms with van der Waals surface area (Å²) < 4.78 is 27.9. The van der Waals surface area contributed by atoms with Crippen molar-refractivity contribution in [2.45, 2.75) is 42.9 Å². The molecule has 1 atom stereocenters. The SMILES string of the molecule is O=S1(=O)c2cccc3cccc(c23)N1CCCN1CCC(C2CCc3ccccc32)CC1. The Labute approximate surface area is 190 Å². The summed E-state index contributed by atoms with van der Waals surface area (Å²) in [7, 11) is -3.43. The number of hydrogen-bond acceptors (Lipinski definition) is 3. The monoisotopic (exact) mass is 446 g/mol. The summed E-state index contributed by atoms with van der Waals surface area (Å²) in [5.74, 6) is 1.53. The molecule has 1 saturated heterocycles. The maximum Gasteiger partial charge on any atom is 0.265 e. The Kier molecular flexibility index (Phi) is 4.99. The fraction of sp³-hybridized carbons (Fsp3) is 0.407. The third-order valence-corrected chi connectivity index (χ3v) is 9.75. The first-order valence-corrected chi connectivity index (χ1v) is 13.4. The summed E-state index contributed by atoms with van der Waals surface area (Å²) in [6.45, 7) is 3.77. The van der Waals surface area contributed by atoms with Crippen LogP contribution in [0, 0.1) is 5.92 Å². The van der Waals surface area contributed by atoms with E-state index < -0.39 is 10.0 Å². The number of piperidine rings is 1. The molecule has 1 aliphatic carbocycles. The lowest BCUT2D eigenvalue weighted by Gasteiger charge is -2.35. The van der Waals surface area contributed by atoms with E-state index in [0.29, 0.717) is 11.4 Å². The van der Waals surface area contributed by atoms with Crippen molar-refractivity contribution in [1.29, 1.82) is 0 Å². The molecule has 2 aliphatic heterocycles. The van der Waals surface area contributed by atoms with E-state index in [0.717, 1.165) is 54.4 Å². The summed E-state index contributed by atoms with van der Waals surface area (Å²) in [4.78, 5) is 3.00. The highest BCUT2D eigenvalue weighted by molar-refractivity contribution is 7.93. The summed E-state index contributed by atoms with van der Waals surface area (Å²) >= 11 is 0. The van der Waals surface area contributed by atoms with Crippen molar-refractivity contribution >= 4 is 26.5 Å². The van der Waals surface area contributed by atoms with Crippen LogP contribution in [0.5, 0.6) is 0 Å². The molecule has 6 rings (SSSR count). The fourth-order valence-electron chi connectivity index (χ4n) is 6.30. The Balaban J connectivity index is 1.07. The molecule has 3 aliphatic rings. The molecule has 3 aromatic rings. The average Bonchev–Trinajstić information content (AvgIpc) is 3.34. The number of anilines is 1. The zero-order valence-electron chi connectivity index (χ0n) is 18.4. The maximum atomic E-state index is 13.2. The third kappa shape index (κ3) is 3.25. The Morgan fingerprint density at radius 1 is 0.844 bits per heavy atom. The highest BCUT2D eigenvalue weighted by Gasteiger charge is 2.35. The van der Waals surface area contributed by atoms with Crippen molar-refractivity contribution < 1.29 is 8.42 Å². The molecule has 0 aromatic heterocycles. The number of likely N-dealkylation sites (tertiary alicyclic amines) is 1. The molecule has 0 bridgehead atoms. The lowest BCUT2D eigenvalue weighted by atomic mass is 9.81. The highest BCUT2D eigenvalue weighted by atomic mass is 32.2. The van der Waals surface area contributed by atoms with Gasteiger partial charge in [-0.15, -0.1) is 0 Å². The van der Waals surface area contributed by atoms with Crippen LogP contribution in [0.15, 0.2) is 65.6 Å². The van der Waals surface area contributed by atoms with Gasteiger partial charge in [-0.25, -0.2) is 8.42 Å². The van der Waals surface area contributed by atoms with Crippen molar-refractivity contribution in [1.82, 2.24) is 4.90 Å². The van der Waals surface area contributed by atoms with Crippen LogP contribution < -0.4 is 4.31 Å². The largest absolute Gasteiger partial charge is 0.303 e. The molecule has 5 heteroatoms. The molecule has 32 heavy (non-hydrogen) atoms. The second-order valence-electron chi connectivity index (χ2n) is 9.59. The van der Waals surface area contributed by atoms with Gasteiger partial charge in [-0.3, -0.25) is 4.31 Å². The van der Waals surface area contributed by atoms with E-state index in [1.807, 2.05) is 30.3 Å². The third-order valence-electron chi connectivity index (χ3n) is 7.90. The minimum atomic E-state index is -3.43. The minimum Gasteiger partial charge on any atom is -0.303 e. The zero-order valence-corrected chi connectivity index (χ0v) is 19.2. The summed E-state index contributed by atoms with van der Waals surface area (Å²) in [5, 5.41) is 1.88. The molecular weight excluding hydrogens is 416 g/mol. The van der Waals surface area contributed by atoms with E-state index in [4.69, 9.17) is 0 Å². The quantitative estimate of drug-likeness (QED) is 0.542. The number of sulfonamides is 1. The van der Waals surface area contributed by atoms with E-state index in [1.165, 1.54) is 25.7 Å². The number of aryl methyl sites for hydroxylation is 1. The first-order valence-electron chi connectivity index (χ1n) is 12.0. The van der Waals surface area contributed by atoms with Gasteiger partial charge in [0.25, 0.3) is 10.0 Å². The van der Waals surface area contributed by atoms with Gasteiger partial charge in [-0.05, 0) is 92.2 Å². The molecule has 0 saturated carbocycles. The number of fused-ring (bicyclic) bond motifs is 1. The summed E-state index contributed by atoms with van der Waals surface area (Å²) in [6, 6.07) is 20.5. The van der Waals surface area contributed by atoms with Gasteiger partial charge in [-0.2, -0.15) is 0 Å². The van der Waals surface area contributed by atoms with Crippen LogP contribution in [0.2, 0.25) is 0 Å². The van der Waals surface area contributed by atoms with Crippen molar-refractivity contribution in [2.75, 3.05) is 30.5 Å². The number of benzene rings is 3. The van der Waals surface area contributed by atoms with Gasteiger partial charge >= 0.3 is 0 Å². The van der Waals surface area contributed by atoms with Crippen LogP contribution in [0.4, 0.5) is 5.69 Å². The maximum absolute atomic E-state index is 13.2. The lowest BCUT2D eigenvalue weighted by Crippen LogP contribution is -2.37. The zero-order chi connectivity index (χ0) is 21.7. The molecular formula is C27H30N2O2S. The molecule has 1 fully saturated rings. The first-order chi connectivity index (χ1) is 15.6. The Hall–Kier alpha value is -2.37. The number of rotatable bonds is 5. The molecule has 0 amide bonds. The Morgan fingerprint density at radius 2 is 1.62 bits per heavy atom. The number of hydrogen-bond donors (Lipinski definition) is 0. The highest BCUT2D eigenvalue weighted by Crippen LogP contribution is 2.43. The molecule has 3 aromatic carbocycles. The van der Waals surface area contributed by atoms with Crippen molar-refractivity contribution in [3.05, 3.63) is 71.8 Å². The van der Waals surface area contributed by atoms with Gasteiger partial charge < -0.3 is 4.90 Å². The predicted molar refractivity (Wildman–Crippen MR) is 130 cm³/mol. The standard InChI is InChI=1S/C27H30N2O2S/c30-32(31)26-11-4-8-22-7-3-10-25(27(22)26)29(32)17-5-16-28-18-14-21(15-19-28)24-13-12-20-6-1-2-9-23(20)24/h1-4,6-11,21,24H,5,12-19H2. The average molecular weight is 447 g/mol. The van der Waals surface area contributed by atoms with E-state index in [9.17, 15) is 8.42 Å². The molecule has 0 spiro atoms. The van der Waals surface area contributed by atoms with Crippen molar-refractivity contribution in [3.8, 4) is 0 Å². The normalized spacial score (nSPS) is 22.5. The molecule has 166 valence electrons. The lowest BCUT2D eigenvalue weighted by molar-refractivity contribution is 0.167. The van der Waals surface area contributed by atoms with E-state index in [2.05, 4.69) is 29.2 Å². The van der Waals surface area contributed by atoms with Gasteiger partial charge in [0.1, 0.15) is 0 Å². The van der Waals surface area contributed by atoms with Crippen LogP contribution in [0.25, 0.3) is 10.8 Å². The van der Waals surface area contributed by atoms with Crippen molar-refractivity contribution in [3.63, 3.8) is 0 Å². The molecule has 0 radical (unpaired) electrons. The Bertz CT molecular complexity index is 1260. The van der Waals surface area contributed by atoms with Crippen molar-refractivity contribution in [2.24, 2.45) is 5.92 Å². The van der Waals surface area contributed by atoms with E-state index in [1.54, 1.807) is 21.5 Å². The minimum absolute atomic E-state index is 0.461. The second kappa shape index (κ2) is 7.89. The van der Waals surface area contributed by atoms with Gasteiger partial charge in [0, 0.05) is 11.9 Å². The molecule has 4 nitrogen and oxygen atoms in total. The fourth-order valence-corrected chi connectivity index (χ4v) is 8.04. The molecule has 1 unspecified atom stereocenters. The summed E-state index contributed by atoms with van der Waals surface area (Å²) in [5.41, 5.74) is 4.00. The topological polar surface area (TPSA) is 40.6 Å². The predicted octanol–water partition coefficient (Wildman–Crippen LogP) is 5.18. The van der Waals surface area contributed by atoms with Crippen LogP contribution in [-0.2, 0) is 16.4 Å². The van der Waals surface area contributed by atoms with Gasteiger partial charge in [0.15, 0.2) is 0 Å². The van der Waals surface area contributed by atoms with E-state index >= 15 is 0 Å². The van der Waals surface area contributed by atoms with Crippen LogP contribution in [0.1, 0.15) is 42.7 Å². The molecule has 2 heterocycles. The van der Waals surface area contributed by atoms with Crippen LogP contribution in [-0.4, -0.2) is 39.5 Å². The summed E-state index contributed by atoms with van der Waals surface area (Å²) in [6.07, 6.45) is 5.92. The first kappa shape index (κ1) is 20.3. The van der Waals surface area contributed by atoms with E-state index in [-0.39, 0.29) is 0 Å².